The Hall–Kier alpha value is -0.450. The van der Waals surface area contributed by atoms with Crippen LogP contribution in [0.3, 0.4) is 0 Å². The van der Waals surface area contributed by atoms with Gasteiger partial charge in [0, 0.05) is 17.4 Å². The molecule has 1 aromatic rings. The van der Waals surface area contributed by atoms with Crippen LogP contribution in [0.2, 0.25) is 0 Å². The van der Waals surface area contributed by atoms with Crippen LogP contribution in [-0.2, 0) is 13.1 Å². The second kappa shape index (κ2) is 6.47. The minimum Gasteiger partial charge on any atom is -0.468 e. The van der Waals surface area contributed by atoms with E-state index in [0.717, 1.165) is 17.6 Å². The lowest BCUT2D eigenvalue weighted by molar-refractivity contribution is 0.275. The van der Waals surface area contributed by atoms with E-state index in [9.17, 15) is 0 Å². The Morgan fingerprint density at radius 1 is 1.47 bits per heavy atom. The number of nitrogens with two attached hydrogens (primary N) is 1. The molecule has 0 aromatic carbocycles. The quantitative estimate of drug-likeness (QED) is 0.896. The van der Waals surface area contributed by atoms with Crippen LogP contribution < -0.4 is 5.73 Å². The van der Waals surface area contributed by atoms with Crippen LogP contribution in [-0.4, -0.2) is 29.5 Å². The minimum atomic E-state index is 0.504. The average Bonchev–Trinajstić information content (AvgIpc) is 2.67. The molecule has 96 valence electrons. The Bertz CT molecular complexity index is 340. The first-order valence-corrected chi connectivity index (χ1v) is 7.62. The third-order valence-electron chi connectivity index (χ3n) is 3.52. The van der Waals surface area contributed by atoms with Crippen LogP contribution in [0.25, 0.3) is 0 Å². The van der Waals surface area contributed by atoms with Crippen molar-refractivity contribution < 1.29 is 4.42 Å². The van der Waals surface area contributed by atoms with E-state index in [-0.39, 0.29) is 0 Å². The topological polar surface area (TPSA) is 42.4 Å². The van der Waals surface area contributed by atoms with Gasteiger partial charge in [-0.15, -0.1) is 0 Å². The third-order valence-corrected chi connectivity index (χ3v) is 4.66. The summed E-state index contributed by atoms with van der Waals surface area (Å²) < 4.78 is 5.37. The van der Waals surface area contributed by atoms with Crippen LogP contribution in [0.15, 0.2) is 16.7 Å². The first-order chi connectivity index (χ1) is 8.33. The number of thioether (sulfide) groups is 1. The molecule has 1 atom stereocenters. The molecule has 0 bridgehead atoms. The average molecular weight is 254 g/mol. The van der Waals surface area contributed by atoms with Crippen LogP contribution >= 0.6 is 11.8 Å². The molecule has 0 spiro atoms. The Morgan fingerprint density at radius 3 is 3.12 bits per heavy atom. The highest BCUT2D eigenvalue weighted by atomic mass is 32.2. The van der Waals surface area contributed by atoms with E-state index in [0.29, 0.717) is 6.54 Å². The fraction of sp³-hybridized carbons (Fsp3) is 0.692. The summed E-state index contributed by atoms with van der Waals surface area (Å²) in [6, 6.07) is 2.05. The molecule has 2 N–H and O–H groups in total. The molecule has 0 radical (unpaired) electrons. The summed E-state index contributed by atoms with van der Waals surface area (Å²) in [6.07, 6.45) is 7.94. The van der Waals surface area contributed by atoms with E-state index in [1.54, 1.807) is 6.26 Å². The largest absolute Gasteiger partial charge is 0.468 e. The van der Waals surface area contributed by atoms with Gasteiger partial charge in [0.2, 0.25) is 0 Å². The van der Waals surface area contributed by atoms with Gasteiger partial charge < -0.3 is 10.2 Å². The van der Waals surface area contributed by atoms with Crippen molar-refractivity contribution in [3.63, 3.8) is 0 Å². The highest BCUT2D eigenvalue weighted by Crippen LogP contribution is 2.22. The van der Waals surface area contributed by atoms with Gasteiger partial charge in [0.1, 0.15) is 5.76 Å². The molecule has 1 aliphatic heterocycles. The zero-order valence-corrected chi connectivity index (χ0v) is 11.3. The lowest BCUT2D eigenvalue weighted by Gasteiger charge is -2.19. The predicted molar refractivity (Wildman–Crippen MR) is 73.0 cm³/mol. The molecule has 1 unspecified atom stereocenters. The van der Waals surface area contributed by atoms with Gasteiger partial charge in [0.05, 0.1) is 12.8 Å². The van der Waals surface area contributed by atoms with E-state index in [1.165, 1.54) is 37.9 Å². The summed E-state index contributed by atoms with van der Waals surface area (Å²) in [7, 11) is 0. The fourth-order valence-electron chi connectivity index (χ4n) is 2.45. The van der Waals surface area contributed by atoms with Crippen molar-refractivity contribution in [3.8, 4) is 0 Å². The maximum atomic E-state index is 5.66. The monoisotopic (exact) mass is 254 g/mol. The smallest absolute Gasteiger partial charge is 0.121 e. The molecule has 0 amide bonds. The maximum Gasteiger partial charge on any atom is 0.121 e. The predicted octanol–water partition coefficient (Wildman–Crippen LogP) is 2.46. The van der Waals surface area contributed by atoms with E-state index >= 15 is 0 Å². The molecule has 3 nitrogen and oxygen atoms in total. The van der Waals surface area contributed by atoms with E-state index in [2.05, 4.69) is 17.2 Å². The molecular weight excluding hydrogens is 232 g/mol. The lowest BCUT2D eigenvalue weighted by Crippen LogP contribution is -2.24. The third kappa shape index (κ3) is 3.50. The first kappa shape index (κ1) is 13.0. The van der Waals surface area contributed by atoms with Gasteiger partial charge in [-0.05, 0) is 44.7 Å². The number of likely N-dealkylation sites (tertiary alicyclic amines) is 1. The Morgan fingerprint density at radius 2 is 2.35 bits per heavy atom. The van der Waals surface area contributed by atoms with Crippen molar-refractivity contribution in [1.82, 2.24) is 4.90 Å². The van der Waals surface area contributed by atoms with E-state index in [1.807, 2.05) is 11.8 Å². The molecule has 0 saturated carbocycles. The van der Waals surface area contributed by atoms with E-state index < -0.39 is 0 Å². The SMILES string of the molecule is CSC1CCCN(Cc2ccoc2CN)CC1. The van der Waals surface area contributed by atoms with Gasteiger partial charge in [-0.2, -0.15) is 11.8 Å². The molecule has 4 heteroatoms. The molecule has 0 aliphatic carbocycles. The molecule has 2 heterocycles. The molecule has 2 rings (SSSR count). The van der Waals surface area contributed by atoms with Crippen molar-refractivity contribution in [2.75, 3.05) is 19.3 Å². The zero-order valence-electron chi connectivity index (χ0n) is 10.5. The highest BCUT2D eigenvalue weighted by Gasteiger charge is 2.17. The van der Waals surface area contributed by atoms with Gasteiger partial charge in [-0.25, -0.2) is 0 Å². The van der Waals surface area contributed by atoms with Gasteiger partial charge in [0.15, 0.2) is 0 Å². The molecule has 1 fully saturated rings. The number of furan rings is 1. The summed E-state index contributed by atoms with van der Waals surface area (Å²) in [5.74, 6) is 0.940. The number of nitrogens with zero attached hydrogens (tertiary/aromatic N) is 1. The number of hydrogen-bond acceptors (Lipinski definition) is 4. The van der Waals surface area contributed by atoms with Crippen molar-refractivity contribution >= 4 is 11.8 Å². The molecule has 1 aromatic heterocycles. The number of hydrogen-bond donors (Lipinski definition) is 1. The van der Waals surface area contributed by atoms with Crippen LogP contribution in [0, 0.1) is 0 Å². The zero-order chi connectivity index (χ0) is 12.1. The standard InChI is InChI=1S/C13H22N2OS/c1-17-12-3-2-6-15(7-4-12)10-11-5-8-16-13(11)9-14/h5,8,12H,2-4,6-7,9-10,14H2,1H3. The van der Waals surface area contributed by atoms with Crippen molar-refractivity contribution in [2.24, 2.45) is 5.73 Å². The first-order valence-electron chi connectivity index (χ1n) is 6.34. The summed E-state index contributed by atoms with van der Waals surface area (Å²) in [4.78, 5) is 2.53. The van der Waals surface area contributed by atoms with Crippen molar-refractivity contribution in [2.45, 2.75) is 37.6 Å². The highest BCUT2D eigenvalue weighted by molar-refractivity contribution is 7.99. The van der Waals surface area contributed by atoms with Gasteiger partial charge in [-0.1, -0.05) is 0 Å². The molecule has 17 heavy (non-hydrogen) atoms. The summed E-state index contributed by atoms with van der Waals surface area (Å²) in [5.41, 5.74) is 6.92. The van der Waals surface area contributed by atoms with Crippen molar-refractivity contribution in [1.29, 1.82) is 0 Å². The van der Waals surface area contributed by atoms with Crippen LogP contribution in [0.5, 0.6) is 0 Å². The molecule has 1 saturated heterocycles. The fourth-order valence-corrected chi connectivity index (χ4v) is 3.19. The second-order valence-corrected chi connectivity index (χ2v) is 5.78. The second-order valence-electron chi connectivity index (χ2n) is 4.64. The minimum absolute atomic E-state index is 0.504. The summed E-state index contributed by atoms with van der Waals surface area (Å²) in [5, 5.41) is 0.846. The van der Waals surface area contributed by atoms with Gasteiger partial charge in [0.25, 0.3) is 0 Å². The molecule has 1 aliphatic rings. The Balaban J connectivity index is 1.90. The lowest BCUT2D eigenvalue weighted by atomic mass is 10.2. The van der Waals surface area contributed by atoms with Gasteiger partial charge in [-0.3, -0.25) is 4.90 Å². The Labute approximate surface area is 108 Å². The maximum absolute atomic E-state index is 5.66. The summed E-state index contributed by atoms with van der Waals surface area (Å²) >= 11 is 2.01. The van der Waals surface area contributed by atoms with E-state index in [4.69, 9.17) is 10.2 Å². The Kier molecular flexibility index (Phi) is 4.95. The van der Waals surface area contributed by atoms with Crippen LogP contribution in [0.4, 0.5) is 0 Å². The molecular formula is C13H22N2OS. The van der Waals surface area contributed by atoms with Crippen molar-refractivity contribution in [3.05, 3.63) is 23.7 Å². The normalized spacial score (nSPS) is 22.6. The number of rotatable bonds is 4. The van der Waals surface area contributed by atoms with Gasteiger partial charge >= 0.3 is 0 Å². The summed E-state index contributed by atoms with van der Waals surface area (Å²) in [6.45, 7) is 3.89. The van der Waals surface area contributed by atoms with Crippen LogP contribution in [0.1, 0.15) is 30.6 Å².